The second kappa shape index (κ2) is 6.01. The van der Waals surface area contributed by atoms with Gasteiger partial charge in [0.1, 0.15) is 11.6 Å². The molecule has 1 aromatic heterocycles. The summed E-state index contributed by atoms with van der Waals surface area (Å²) in [5.41, 5.74) is 2.37. The van der Waals surface area contributed by atoms with Crippen molar-refractivity contribution in [1.82, 2.24) is 4.98 Å². The Hall–Kier alpha value is -0.940. The van der Waals surface area contributed by atoms with Crippen molar-refractivity contribution in [3.63, 3.8) is 0 Å². The highest BCUT2D eigenvalue weighted by atomic mass is 79.9. The Bertz CT molecular complexity index is 591. The minimum absolute atomic E-state index is 0.133. The average molecular weight is 388 g/mol. The minimum atomic E-state index is -0.133. The van der Waals surface area contributed by atoms with Crippen molar-refractivity contribution >= 4 is 37.7 Å². The van der Waals surface area contributed by atoms with E-state index in [4.69, 9.17) is 0 Å². The van der Waals surface area contributed by atoms with E-state index in [0.717, 1.165) is 20.3 Å². The van der Waals surface area contributed by atoms with Gasteiger partial charge in [-0.15, -0.1) is 0 Å². The molecular formula is C14H13Br2FN2. The van der Waals surface area contributed by atoms with E-state index >= 15 is 0 Å². The molecule has 5 heteroatoms. The summed E-state index contributed by atoms with van der Waals surface area (Å²) < 4.78 is 15.3. The molecule has 0 bridgehead atoms. The number of rotatable bonds is 3. The quantitative estimate of drug-likeness (QED) is 0.803. The van der Waals surface area contributed by atoms with Crippen LogP contribution in [0.2, 0.25) is 0 Å². The summed E-state index contributed by atoms with van der Waals surface area (Å²) in [4.78, 5) is 4.28. The third-order valence-corrected chi connectivity index (χ3v) is 3.80. The van der Waals surface area contributed by atoms with Gasteiger partial charge >= 0.3 is 0 Å². The molecule has 0 radical (unpaired) electrons. The zero-order valence-corrected chi connectivity index (χ0v) is 13.8. The second-order valence-corrected chi connectivity index (χ2v) is 6.15. The summed E-state index contributed by atoms with van der Waals surface area (Å²) in [6.07, 6.45) is 1.73. The number of hydrogen-bond donors (Lipinski definition) is 1. The van der Waals surface area contributed by atoms with E-state index < -0.39 is 0 Å². The molecule has 100 valence electrons. The highest BCUT2D eigenvalue weighted by Gasteiger charge is 2.06. The predicted molar refractivity (Wildman–Crippen MR) is 82.8 cm³/mol. The molecular weight excluding hydrogens is 375 g/mol. The van der Waals surface area contributed by atoms with Crippen LogP contribution < -0.4 is 5.32 Å². The van der Waals surface area contributed by atoms with Crippen LogP contribution in [0.5, 0.6) is 0 Å². The number of nitrogens with zero attached hydrogens (tertiary/aromatic N) is 1. The van der Waals surface area contributed by atoms with Crippen LogP contribution in [-0.2, 0) is 6.54 Å². The maximum atomic E-state index is 13.5. The monoisotopic (exact) mass is 386 g/mol. The van der Waals surface area contributed by atoms with Crippen LogP contribution in [0.15, 0.2) is 33.3 Å². The topological polar surface area (TPSA) is 24.9 Å². The van der Waals surface area contributed by atoms with Gasteiger partial charge in [-0.25, -0.2) is 9.37 Å². The van der Waals surface area contributed by atoms with Gasteiger partial charge < -0.3 is 5.32 Å². The van der Waals surface area contributed by atoms with Crippen LogP contribution in [0.1, 0.15) is 16.7 Å². The van der Waals surface area contributed by atoms with Gasteiger partial charge in [0, 0.05) is 17.2 Å². The molecule has 0 amide bonds. The van der Waals surface area contributed by atoms with Gasteiger partial charge in [0.2, 0.25) is 0 Å². The van der Waals surface area contributed by atoms with Crippen LogP contribution in [-0.4, -0.2) is 4.98 Å². The third-order valence-electron chi connectivity index (χ3n) is 2.76. The summed E-state index contributed by atoms with van der Waals surface area (Å²) in [6.45, 7) is 4.16. The fraction of sp³-hybridized carbons (Fsp3) is 0.214. The van der Waals surface area contributed by atoms with E-state index in [1.165, 1.54) is 0 Å². The Morgan fingerprint density at radius 1 is 1.16 bits per heavy atom. The molecule has 0 aliphatic heterocycles. The lowest BCUT2D eigenvalue weighted by Crippen LogP contribution is -2.03. The smallest absolute Gasteiger partial charge is 0.140 e. The van der Waals surface area contributed by atoms with E-state index in [-0.39, 0.29) is 5.82 Å². The van der Waals surface area contributed by atoms with Gasteiger partial charge in [-0.2, -0.15) is 0 Å². The van der Waals surface area contributed by atoms with Crippen LogP contribution in [0.25, 0.3) is 0 Å². The first-order chi connectivity index (χ1) is 8.97. The van der Waals surface area contributed by atoms with Crippen molar-refractivity contribution < 1.29 is 4.39 Å². The zero-order valence-electron chi connectivity index (χ0n) is 10.6. The fourth-order valence-electron chi connectivity index (χ4n) is 1.87. The number of aromatic nitrogens is 1. The van der Waals surface area contributed by atoms with Gasteiger partial charge in [-0.3, -0.25) is 0 Å². The number of halogens is 3. The molecule has 2 aromatic rings. The Balaban J connectivity index is 2.14. The molecule has 0 aliphatic rings. The average Bonchev–Trinajstić information content (AvgIpc) is 2.34. The van der Waals surface area contributed by atoms with E-state index in [0.29, 0.717) is 17.7 Å². The maximum Gasteiger partial charge on any atom is 0.140 e. The van der Waals surface area contributed by atoms with Gasteiger partial charge in [0.05, 0.1) is 4.47 Å². The largest absolute Gasteiger partial charge is 0.365 e. The van der Waals surface area contributed by atoms with Crippen molar-refractivity contribution in [3.05, 3.63) is 55.8 Å². The highest BCUT2D eigenvalue weighted by Crippen LogP contribution is 2.24. The van der Waals surface area contributed by atoms with Gasteiger partial charge in [-0.05, 0) is 68.5 Å². The van der Waals surface area contributed by atoms with E-state index in [2.05, 4.69) is 42.2 Å². The molecule has 1 heterocycles. The highest BCUT2D eigenvalue weighted by molar-refractivity contribution is 9.11. The number of aryl methyl sites for hydroxylation is 2. The fourth-order valence-corrected chi connectivity index (χ4v) is 3.00. The standard InChI is InChI=1S/C14H13Br2FN2/c1-8-3-10(4-9(2)13(8)17)6-18-14-12(16)5-11(15)7-19-14/h3-5,7H,6H2,1-2H3,(H,18,19). The normalized spacial score (nSPS) is 10.6. The lowest BCUT2D eigenvalue weighted by Gasteiger charge is -2.10. The number of pyridine rings is 1. The van der Waals surface area contributed by atoms with Crippen molar-refractivity contribution in [3.8, 4) is 0 Å². The van der Waals surface area contributed by atoms with E-state index in [9.17, 15) is 4.39 Å². The Labute approximate surface area is 128 Å². The van der Waals surface area contributed by atoms with Crippen molar-refractivity contribution in [2.24, 2.45) is 0 Å². The summed E-state index contributed by atoms with van der Waals surface area (Å²) in [6, 6.07) is 5.63. The van der Waals surface area contributed by atoms with Crippen molar-refractivity contribution in [2.75, 3.05) is 5.32 Å². The van der Waals surface area contributed by atoms with Gasteiger partial charge in [-0.1, -0.05) is 12.1 Å². The lowest BCUT2D eigenvalue weighted by atomic mass is 10.1. The van der Waals surface area contributed by atoms with Crippen molar-refractivity contribution in [2.45, 2.75) is 20.4 Å². The number of benzene rings is 1. The molecule has 0 spiro atoms. The molecule has 0 saturated heterocycles. The molecule has 0 aliphatic carbocycles. The first-order valence-corrected chi connectivity index (χ1v) is 7.36. The number of anilines is 1. The Morgan fingerprint density at radius 3 is 2.37 bits per heavy atom. The Kier molecular flexibility index (Phi) is 4.58. The molecule has 0 atom stereocenters. The molecule has 2 nitrogen and oxygen atoms in total. The predicted octanol–water partition coefficient (Wildman–Crippen LogP) is 4.97. The first kappa shape index (κ1) is 14.5. The van der Waals surface area contributed by atoms with Crippen LogP contribution >= 0.6 is 31.9 Å². The number of hydrogen-bond acceptors (Lipinski definition) is 2. The molecule has 1 aromatic carbocycles. The zero-order chi connectivity index (χ0) is 14.0. The number of nitrogens with one attached hydrogen (secondary N) is 1. The second-order valence-electron chi connectivity index (χ2n) is 4.38. The summed E-state index contributed by atoms with van der Waals surface area (Å²) in [5.74, 6) is 0.634. The first-order valence-electron chi connectivity index (χ1n) is 5.78. The van der Waals surface area contributed by atoms with Gasteiger partial charge in [0.25, 0.3) is 0 Å². The van der Waals surface area contributed by atoms with Crippen LogP contribution in [0, 0.1) is 19.7 Å². The summed E-state index contributed by atoms with van der Waals surface area (Å²) >= 11 is 6.80. The summed E-state index contributed by atoms with van der Waals surface area (Å²) in [7, 11) is 0. The van der Waals surface area contributed by atoms with Crippen LogP contribution in [0.3, 0.4) is 0 Å². The van der Waals surface area contributed by atoms with Gasteiger partial charge in [0.15, 0.2) is 0 Å². The third kappa shape index (κ3) is 3.54. The SMILES string of the molecule is Cc1cc(CNc2ncc(Br)cc2Br)cc(C)c1F. The molecule has 1 N–H and O–H groups in total. The van der Waals surface area contributed by atoms with E-state index in [1.807, 2.05) is 18.2 Å². The Morgan fingerprint density at radius 2 is 1.79 bits per heavy atom. The van der Waals surface area contributed by atoms with E-state index in [1.54, 1.807) is 20.0 Å². The maximum absolute atomic E-state index is 13.5. The molecule has 0 unspecified atom stereocenters. The summed E-state index contributed by atoms with van der Waals surface area (Å²) in [5, 5.41) is 3.23. The van der Waals surface area contributed by atoms with Crippen molar-refractivity contribution in [1.29, 1.82) is 0 Å². The molecule has 0 saturated carbocycles. The van der Waals surface area contributed by atoms with Crippen LogP contribution in [0.4, 0.5) is 10.2 Å². The lowest BCUT2D eigenvalue weighted by molar-refractivity contribution is 0.608. The molecule has 2 rings (SSSR count). The molecule has 19 heavy (non-hydrogen) atoms. The molecule has 0 fully saturated rings. The minimum Gasteiger partial charge on any atom is -0.365 e.